The summed E-state index contributed by atoms with van der Waals surface area (Å²) in [5.41, 5.74) is 2.15. The zero-order chi connectivity index (χ0) is 14.8. The highest BCUT2D eigenvalue weighted by Crippen LogP contribution is 2.23. The summed E-state index contributed by atoms with van der Waals surface area (Å²) in [6.45, 7) is 1.87. The molecule has 0 saturated heterocycles. The Labute approximate surface area is 121 Å². The van der Waals surface area contributed by atoms with Crippen molar-refractivity contribution >= 4 is 11.9 Å². The van der Waals surface area contributed by atoms with E-state index in [0.29, 0.717) is 11.5 Å². The SMILES string of the molecule is Cc1ccc(-c2ncco2)cc1C(=O)N(C)c1ncco1. The molecule has 0 saturated carbocycles. The van der Waals surface area contributed by atoms with E-state index >= 15 is 0 Å². The van der Waals surface area contributed by atoms with Gasteiger partial charge >= 0.3 is 6.01 Å². The molecule has 0 atom stereocenters. The average molecular weight is 283 g/mol. The first-order chi connectivity index (χ1) is 10.2. The van der Waals surface area contributed by atoms with Crippen molar-refractivity contribution in [2.75, 3.05) is 11.9 Å². The van der Waals surface area contributed by atoms with Crippen LogP contribution in [0.15, 0.2) is 52.0 Å². The van der Waals surface area contributed by atoms with Crippen LogP contribution in [0.1, 0.15) is 15.9 Å². The van der Waals surface area contributed by atoms with E-state index in [2.05, 4.69) is 9.97 Å². The van der Waals surface area contributed by atoms with E-state index in [1.165, 1.54) is 23.6 Å². The first-order valence-electron chi connectivity index (χ1n) is 6.35. The van der Waals surface area contributed by atoms with Crippen LogP contribution in [0.2, 0.25) is 0 Å². The third-order valence-electron chi connectivity index (χ3n) is 3.16. The predicted molar refractivity (Wildman–Crippen MR) is 75.9 cm³/mol. The minimum atomic E-state index is -0.205. The summed E-state index contributed by atoms with van der Waals surface area (Å²) >= 11 is 0. The molecule has 3 rings (SSSR count). The molecule has 2 heterocycles. The predicted octanol–water partition coefficient (Wildman–Crippen LogP) is 2.91. The summed E-state index contributed by atoms with van der Waals surface area (Å²) in [6, 6.07) is 5.73. The second-order valence-electron chi connectivity index (χ2n) is 4.55. The van der Waals surface area contributed by atoms with E-state index < -0.39 is 0 Å². The van der Waals surface area contributed by atoms with E-state index in [0.717, 1.165) is 11.1 Å². The number of rotatable bonds is 3. The maximum atomic E-state index is 12.6. The van der Waals surface area contributed by atoms with Crippen LogP contribution in [0.4, 0.5) is 6.01 Å². The third kappa shape index (κ3) is 2.43. The molecule has 0 bridgehead atoms. The van der Waals surface area contributed by atoms with Crippen molar-refractivity contribution < 1.29 is 13.6 Å². The maximum Gasteiger partial charge on any atom is 0.303 e. The van der Waals surface area contributed by atoms with E-state index in [4.69, 9.17) is 8.83 Å². The van der Waals surface area contributed by atoms with Gasteiger partial charge in [0, 0.05) is 18.2 Å². The zero-order valence-corrected chi connectivity index (χ0v) is 11.6. The highest BCUT2D eigenvalue weighted by molar-refractivity contribution is 6.06. The number of hydrogen-bond donors (Lipinski definition) is 0. The van der Waals surface area contributed by atoms with Crippen LogP contribution in [-0.2, 0) is 0 Å². The summed E-state index contributed by atoms with van der Waals surface area (Å²) in [5, 5.41) is 0. The van der Waals surface area contributed by atoms with Crippen molar-refractivity contribution in [3.8, 4) is 11.5 Å². The number of benzene rings is 1. The Hall–Kier alpha value is -2.89. The Kier molecular flexibility index (Phi) is 3.27. The Balaban J connectivity index is 1.98. The first-order valence-corrected chi connectivity index (χ1v) is 6.35. The second kappa shape index (κ2) is 5.24. The molecule has 0 fully saturated rings. The van der Waals surface area contributed by atoms with Crippen LogP contribution in [0, 0.1) is 6.92 Å². The average Bonchev–Trinajstić information content (AvgIpc) is 3.19. The van der Waals surface area contributed by atoms with Gasteiger partial charge in [-0.2, -0.15) is 0 Å². The van der Waals surface area contributed by atoms with Crippen molar-refractivity contribution in [2.45, 2.75) is 6.92 Å². The number of carbonyl (C=O) groups excluding carboxylic acids is 1. The lowest BCUT2D eigenvalue weighted by Crippen LogP contribution is -2.27. The molecule has 0 unspecified atom stereocenters. The van der Waals surface area contributed by atoms with Gasteiger partial charge in [0.15, 0.2) is 0 Å². The summed E-state index contributed by atoms with van der Waals surface area (Å²) < 4.78 is 10.4. The van der Waals surface area contributed by atoms with Gasteiger partial charge in [0.25, 0.3) is 5.91 Å². The van der Waals surface area contributed by atoms with Gasteiger partial charge in [0.2, 0.25) is 5.89 Å². The molecule has 1 amide bonds. The number of hydrogen-bond acceptors (Lipinski definition) is 5. The van der Waals surface area contributed by atoms with Crippen molar-refractivity contribution in [3.05, 3.63) is 54.2 Å². The Bertz CT molecular complexity index is 749. The molecule has 2 aromatic heterocycles. The van der Waals surface area contributed by atoms with Crippen LogP contribution in [0.25, 0.3) is 11.5 Å². The number of amides is 1. The fourth-order valence-electron chi connectivity index (χ4n) is 2.00. The van der Waals surface area contributed by atoms with E-state index in [1.54, 1.807) is 19.3 Å². The molecule has 6 heteroatoms. The summed E-state index contributed by atoms with van der Waals surface area (Å²) in [6.07, 6.45) is 5.98. The molecular weight excluding hydrogens is 270 g/mol. The molecule has 1 aromatic carbocycles. The number of nitrogens with zero attached hydrogens (tertiary/aromatic N) is 3. The standard InChI is InChI=1S/C15H13N3O3/c1-10-3-4-11(13-16-5-7-20-13)9-12(10)14(19)18(2)15-17-6-8-21-15/h3-9H,1-2H3. The second-order valence-corrected chi connectivity index (χ2v) is 4.55. The van der Waals surface area contributed by atoms with Gasteiger partial charge in [-0.15, -0.1) is 0 Å². The third-order valence-corrected chi connectivity index (χ3v) is 3.16. The molecule has 3 aromatic rings. The molecular formula is C15H13N3O3. The van der Waals surface area contributed by atoms with Gasteiger partial charge < -0.3 is 8.83 Å². The van der Waals surface area contributed by atoms with Gasteiger partial charge in [-0.3, -0.25) is 9.69 Å². The largest absolute Gasteiger partial charge is 0.445 e. The lowest BCUT2D eigenvalue weighted by molar-refractivity contribution is 0.0987. The van der Waals surface area contributed by atoms with Gasteiger partial charge in [0.1, 0.15) is 12.5 Å². The summed E-state index contributed by atoms with van der Waals surface area (Å²) in [4.78, 5) is 22.0. The molecule has 6 nitrogen and oxygen atoms in total. The van der Waals surface area contributed by atoms with Gasteiger partial charge in [-0.25, -0.2) is 9.97 Å². The van der Waals surface area contributed by atoms with E-state index in [1.807, 2.05) is 19.1 Å². The molecule has 0 aliphatic rings. The minimum Gasteiger partial charge on any atom is -0.445 e. The Morgan fingerprint density at radius 3 is 2.57 bits per heavy atom. The van der Waals surface area contributed by atoms with Crippen LogP contribution >= 0.6 is 0 Å². The number of aryl methyl sites for hydroxylation is 1. The van der Waals surface area contributed by atoms with Crippen LogP contribution in [-0.4, -0.2) is 22.9 Å². The summed E-state index contributed by atoms with van der Waals surface area (Å²) in [5.74, 6) is 0.270. The van der Waals surface area contributed by atoms with E-state index in [9.17, 15) is 4.79 Å². The lowest BCUT2D eigenvalue weighted by atomic mass is 10.0. The number of oxazole rings is 2. The van der Waals surface area contributed by atoms with Gasteiger partial charge in [0.05, 0.1) is 12.4 Å². The normalized spacial score (nSPS) is 10.6. The van der Waals surface area contributed by atoms with Crippen molar-refractivity contribution in [3.63, 3.8) is 0 Å². The van der Waals surface area contributed by atoms with Crippen LogP contribution < -0.4 is 4.90 Å². The minimum absolute atomic E-state index is 0.205. The van der Waals surface area contributed by atoms with Crippen LogP contribution in [0.3, 0.4) is 0 Å². The lowest BCUT2D eigenvalue weighted by Gasteiger charge is -2.14. The fraction of sp³-hybridized carbons (Fsp3) is 0.133. The van der Waals surface area contributed by atoms with Crippen molar-refractivity contribution in [1.82, 2.24) is 9.97 Å². The molecule has 21 heavy (non-hydrogen) atoms. The van der Waals surface area contributed by atoms with Gasteiger partial charge in [-0.05, 0) is 24.6 Å². The molecule has 0 aliphatic heterocycles. The fourth-order valence-corrected chi connectivity index (χ4v) is 2.00. The van der Waals surface area contributed by atoms with Crippen molar-refractivity contribution in [2.24, 2.45) is 0 Å². The molecule has 0 aliphatic carbocycles. The smallest absolute Gasteiger partial charge is 0.303 e. The molecule has 0 N–H and O–H groups in total. The number of aromatic nitrogens is 2. The molecule has 0 radical (unpaired) electrons. The Morgan fingerprint density at radius 1 is 1.14 bits per heavy atom. The van der Waals surface area contributed by atoms with E-state index in [-0.39, 0.29) is 11.9 Å². The monoisotopic (exact) mass is 283 g/mol. The highest BCUT2D eigenvalue weighted by Gasteiger charge is 2.19. The quantitative estimate of drug-likeness (QED) is 0.739. The first kappa shape index (κ1) is 13.1. The molecule has 106 valence electrons. The number of carbonyl (C=O) groups is 1. The Morgan fingerprint density at radius 2 is 1.90 bits per heavy atom. The maximum absolute atomic E-state index is 12.6. The summed E-state index contributed by atoms with van der Waals surface area (Å²) in [7, 11) is 1.62. The zero-order valence-electron chi connectivity index (χ0n) is 11.6. The highest BCUT2D eigenvalue weighted by atomic mass is 16.4. The topological polar surface area (TPSA) is 72.4 Å². The van der Waals surface area contributed by atoms with Crippen LogP contribution in [0.5, 0.6) is 0 Å². The van der Waals surface area contributed by atoms with Gasteiger partial charge in [-0.1, -0.05) is 6.07 Å². The van der Waals surface area contributed by atoms with Crippen molar-refractivity contribution in [1.29, 1.82) is 0 Å². The number of anilines is 1. The molecule has 0 spiro atoms.